The molecule has 0 saturated carbocycles. The van der Waals surface area contributed by atoms with Crippen LogP contribution in [0, 0.1) is 13.8 Å². The average molecular weight is 187 g/mol. The highest BCUT2D eigenvalue weighted by Crippen LogP contribution is 2.28. The Kier molecular flexibility index (Phi) is 2.00. The summed E-state index contributed by atoms with van der Waals surface area (Å²) in [6, 6.07) is 6.18. The van der Waals surface area contributed by atoms with E-state index in [2.05, 4.69) is 36.2 Å². The minimum Gasteiger partial charge on any atom is -0.384 e. The van der Waals surface area contributed by atoms with Crippen LogP contribution in [-0.2, 0) is 0 Å². The number of rotatable bonds is 1. The van der Waals surface area contributed by atoms with Crippen LogP contribution >= 0.6 is 0 Å². The van der Waals surface area contributed by atoms with Gasteiger partial charge in [0.1, 0.15) is 5.82 Å². The quantitative estimate of drug-likeness (QED) is 0.719. The molecule has 1 aromatic heterocycles. The van der Waals surface area contributed by atoms with Crippen molar-refractivity contribution in [2.45, 2.75) is 13.8 Å². The van der Waals surface area contributed by atoms with Gasteiger partial charge in [-0.2, -0.15) is 5.10 Å². The van der Waals surface area contributed by atoms with Gasteiger partial charge in [0.2, 0.25) is 0 Å². The Hall–Kier alpha value is -1.77. The third-order valence-electron chi connectivity index (χ3n) is 2.56. The lowest BCUT2D eigenvalue weighted by Gasteiger charge is -2.06. The van der Waals surface area contributed by atoms with E-state index in [1.54, 1.807) is 6.20 Å². The van der Waals surface area contributed by atoms with E-state index in [0.717, 1.165) is 11.1 Å². The monoisotopic (exact) mass is 187 g/mol. The largest absolute Gasteiger partial charge is 0.384 e. The molecule has 0 radical (unpaired) electrons. The summed E-state index contributed by atoms with van der Waals surface area (Å²) in [6.07, 6.45) is 1.76. The summed E-state index contributed by atoms with van der Waals surface area (Å²) in [5.41, 5.74) is 10.4. The lowest BCUT2D eigenvalue weighted by atomic mass is 9.99. The minimum atomic E-state index is 0.624. The number of hydrogen-bond acceptors (Lipinski definition) is 2. The number of nitrogens with zero attached hydrogens (tertiary/aromatic N) is 1. The molecule has 0 aliphatic heterocycles. The summed E-state index contributed by atoms with van der Waals surface area (Å²) < 4.78 is 0. The van der Waals surface area contributed by atoms with Crippen LogP contribution in [-0.4, -0.2) is 10.2 Å². The van der Waals surface area contributed by atoms with E-state index < -0.39 is 0 Å². The van der Waals surface area contributed by atoms with E-state index in [-0.39, 0.29) is 0 Å². The van der Waals surface area contributed by atoms with Crippen molar-refractivity contribution in [2.75, 3.05) is 5.73 Å². The lowest BCUT2D eigenvalue weighted by molar-refractivity contribution is 1.10. The first-order valence-corrected chi connectivity index (χ1v) is 4.55. The summed E-state index contributed by atoms with van der Waals surface area (Å²) in [4.78, 5) is 0. The van der Waals surface area contributed by atoms with Crippen molar-refractivity contribution in [3.05, 3.63) is 35.5 Å². The number of nitrogens with two attached hydrogens (primary N) is 1. The number of aryl methyl sites for hydroxylation is 1. The zero-order valence-corrected chi connectivity index (χ0v) is 8.33. The van der Waals surface area contributed by atoms with Gasteiger partial charge in [0.25, 0.3) is 0 Å². The number of aromatic nitrogens is 2. The van der Waals surface area contributed by atoms with Gasteiger partial charge in [-0.3, -0.25) is 5.10 Å². The third kappa shape index (κ3) is 1.27. The molecule has 3 N–H and O–H groups in total. The Morgan fingerprint density at radius 3 is 2.64 bits per heavy atom. The highest BCUT2D eigenvalue weighted by Gasteiger charge is 2.07. The van der Waals surface area contributed by atoms with Crippen LogP contribution in [0.4, 0.5) is 5.82 Å². The Balaban J connectivity index is 2.63. The van der Waals surface area contributed by atoms with E-state index in [1.807, 2.05) is 6.07 Å². The molecule has 0 bridgehead atoms. The normalized spacial score (nSPS) is 10.4. The molecule has 3 nitrogen and oxygen atoms in total. The molecule has 0 fully saturated rings. The molecule has 2 rings (SSSR count). The van der Waals surface area contributed by atoms with E-state index >= 15 is 0 Å². The zero-order chi connectivity index (χ0) is 10.1. The Morgan fingerprint density at radius 2 is 2.00 bits per heavy atom. The molecule has 0 aliphatic rings. The number of anilines is 1. The minimum absolute atomic E-state index is 0.624. The number of nitrogens with one attached hydrogen (secondary N) is 1. The van der Waals surface area contributed by atoms with Crippen LogP contribution in [0.2, 0.25) is 0 Å². The maximum Gasteiger partial charge on any atom is 0.126 e. The average Bonchev–Trinajstić information content (AvgIpc) is 2.57. The fourth-order valence-corrected chi connectivity index (χ4v) is 1.55. The summed E-state index contributed by atoms with van der Waals surface area (Å²) in [6.45, 7) is 4.19. The number of H-pyrrole nitrogens is 1. The molecule has 3 heteroatoms. The van der Waals surface area contributed by atoms with Crippen molar-refractivity contribution in [3.63, 3.8) is 0 Å². The predicted octanol–water partition coefficient (Wildman–Crippen LogP) is 2.28. The standard InChI is InChI=1S/C11H13N3/c1-7-4-3-5-9(8(7)2)10-6-13-14-11(10)12/h3-6H,1-2H3,(H3,12,13,14). The van der Waals surface area contributed by atoms with Crippen molar-refractivity contribution in [2.24, 2.45) is 0 Å². The Labute approximate surface area is 83.0 Å². The molecule has 0 saturated heterocycles. The second kappa shape index (κ2) is 3.18. The van der Waals surface area contributed by atoms with Crippen LogP contribution in [0.1, 0.15) is 11.1 Å². The second-order valence-corrected chi connectivity index (χ2v) is 3.44. The molecule has 0 amide bonds. The van der Waals surface area contributed by atoms with Crippen LogP contribution in [0.25, 0.3) is 11.1 Å². The first-order chi connectivity index (χ1) is 6.70. The van der Waals surface area contributed by atoms with Crippen LogP contribution in [0.3, 0.4) is 0 Å². The number of benzene rings is 1. The predicted molar refractivity (Wildman–Crippen MR) is 57.9 cm³/mol. The van der Waals surface area contributed by atoms with Gasteiger partial charge >= 0.3 is 0 Å². The van der Waals surface area contributed by atoms with Gasteiger partial charge in [0.15, 0.2) is 0 Å². The van der Waals surface area contributed by atoms with Gasteiger partial charge in [0, 0.05) is 5.56 Å². The molecular formula is C11H13N3. The first kappa shape index (κ1) is 8.81. The number of hydrogen-bond donors (Lipinski definition) is 2. The summed E-state index contributed by atoms with van der Waals surface area (Å²) in [5.74, 6) is 0.624. The highest BCUT2D eigenvalue weighted by atomic mass is 15.1. The van der Waals surface area contributed by atoms with Gasteiger partial charge in [-0.1, -0.05) is 18.2 Å². The topological polar surface area (TPSA) is 54.7 Å². The fraction of sp³-hybridized carbons (Fsp3) is 0.182. The number of nitrogen functional groups attached to an aromatic ring is 1. The van der Waals surface area contributed by atoms with E-state index in [0.29, 0.717) is 5.82 Å². The molecule has 14 heavy (non-hydrogen) atoms. The SMILES string of the molecule is Cc1cccc(-c2cn[nH]c2N)c1C. The van der Waals surface area contributed by atoms with Gasteiger partial charge in [-0.15, -0.1) is 0 Å². The molecule has 72 valence electrons. The summed E-state index contributed by atoms with van der Waals surface area (Å²) >= 11 is 0. The zero-order valence-electron chi connectivity index (χ0n) is 8.33. The van der Waals surface area contributed by atoms with Crippen molar-refractivity contribution in [1.29, 1.82) is 0 Å². The summed E-state index contributed by atoms with van der Waals surface area (Å²) in [7, 11) is 0. The number of aromatic amines is 1. The van der Waals surface area contributed by atoms with E-state index in [1.165, 1.54) is 11.1 Å². The lowest BCUT2D eigenvalue weighted by Crippen LogP contribution is -1.90. The molecule has 1 heterocycles. The Bertz CT molecular complexity index is 457. The molecule has 0 aliphatic carbocycles. The van der Waals surface area contributed by atoms with Gasteiger partial charge < -0.3 is 5.73 Å². The van der Waals surface area contributed by atoms with Gasteiger partial charge in [-0.25, -0.2) is 0 Å². The van der Waals surface area contributed by atoms with Crippen molar-refractivity contribution in [1.82, 2.24) is 10.2 Å². The van der Waals surface area contributed by atoms with Gasteiger partial charge in [0.05, 0.1) is 6.20 Å². The molecule has 0 spiro atoms. The van der Waals surface area contributed by atoms with E-state index in [9.17, 15) is 0 Å². The third-order valence-corrected chi connectivity index (χ3v) is 2.56. The molecule has 0 atom stereocenters. The van der Waals surface area contributed by atoms with E-state index in [4.69, 9.17) is 5.73 Å². The van der Waals surface area contributed by atoms with Gasteiger partial charge in [-0.05, 0) is 30.5 Å². The molecule has 1 aromatic carbocycles. The summed E-state index contributed by atoms with van der Waals surface area (Å²) in [5, 5.41) is 6.66. The van der Waals surface area contributed by atoms with Crippen molar-refractivity contribution < 1.29 is 0 Å². The second-order valence-electron chi connectivity index (χ2n) is 3.44. The van der Waals surface area contributed by atoms with Crippen molar-refractivity contribution >= 4 is 5.82 Å². The first-order valence-electron chi connectivity index (χ1n) is 4.55. The van der Waals surface area contributed by atoms with Crippen LogP contribution in [0.15, 0.2) is 24.4 Å². The fourth-order valence-electron chi connectivity index (χ4n) is 1.55. The molecule has 2 aromatic rings. The van der Waals surface area contributed by atoms with Crippen LogP contribution < -0.4 is 5.73 Å². The molecule has 0 unspecified atom stereocenters. The van der Waals surface area contributed by atoms with Crippen LogP contribution in [0.5, 0.6) is 0 Å². The smallest absolute Gasteiger partial charge is 0.126 e. The Morgan fingerprint density at radius 1 is 1.21 bits per heavy atom. The molecular weight excluding hydrogens is 174 g/mol. The maximum atomic E-state index is 5.77. The maximum absolute atomic E-state index is 5.77. The van der Waals surface area contributed by atoms with Crippen molar-refractivity contribution in [3.8, 4) is 11.1 Å². The highest BCUT2D eigenvalue weighted by molar-refractivity contribution is 5.76.